The van der Waals surface area contributed by atoms with Gasteiger partial charge in [-0.1, -0.05) is 0 Å². The molecule has 9 heavy (non-hydrogen) atoms. The van der Waals surface area contributed by atoms with Crippen LogP contribution in [-0.2, 0) is 22.4 Å². The van der Waals surface area contributed by atoms with Crippen molar-refractivity contribution < 1.29 is 32.3 Å². The van der Waals surface area contributed by atoms with Crippen molar-refractivity contribution in [2.75, 3.05) is 0 Å². The third kappa shape index (κ3) is 1.88. The normalized spacial score (nSPS) is 8.00. The summed E-state index contributed by atoms with van der Waals surface area (Å²) < 4.78 is 0. The standard InChI is InChI=1S/CHN5O2.Ag/c7-1(8)6-4-2-3-5-6;/h(H,7,8);. The zero-order valence-electron chi connectivity index (χ0n) is 3.89. The average molecular weight is 223 g/mol. The summed E-state index contributed by atoms with van der Waals surface area (Å²) in [4.78, 5) is 10.2. The maximum absolute atomic E-state index is 9.82. The van der Waals surface area contributed by atoms with Crippen LogP contribution in [0.15, 0.2) is 0 Å². The van der Waals surface area contributed by atoms with E-state index in [-0.39, 0.29) is 22.4 Å². The summed E-state index contributed by atoms with van der Waals surface area (Å²) in [7, 11) is 0. The smallest absolute Gasteiger partial charge is 0.452 e. The Labute approximate surface area is 64.5 Å². The van der Waals surface area contributed by atoms with Gasteiger partial charge in [-0.05, 0) is 25.7 Å². The minimum Gasteiger partial charge on any atom is -0.462 e. The minimum absolute atomic E-state index is 0. The molecular formula is CHAgN5O2. The van der Waals surface area contributed by atoms with Crippen molar-refractivity contribution in [3.63, 3.8) is 0 Å². The molecule has 1 radical (unpaired) electrons. The first-order valence-corrected chi connectivity index (χ1v) is 1.65. The molecule has 0 spiro atoms. The van der Waals surface area contributed by atoms with E-state index in [9.17, 15) is 4.79 Å². The number of hydrogen-bond acceptors (Lipinski definition) is 5. The van der Waals surface area contributed by atoms with E-state index in [0.717, 1.165) is 0 Å². The van der Waals surface area contributed by atoms with E-state index in [0.29, 0.717) is 4.80 Å². The van der Waals surface area contributed by atoms with Gasteiger partial charge >= 0.3 is 6.09 Å². The number of carboxylic acid groups (broad SMARTS) is 1. The number of aromatic nitrogens is 5. The van der Waals surface area contributed by atoms with E-state index < -0.39 is 6.09 Å². The molecule has 1 aromatic heterocycles. The minimum atomic E-state index is -1.30. The van der Waals surface area contributed by atoms with Crippen LogP contribution >= 0.6 is 0 Å². The van der Waals surface area contributed by atoms with Gasteiger partial charge < -0.3 is 5.11 Å². The van der Waals surface area contributed by atoms with E-state index >= 15 is 0 Å². The molecule has 1 aromatic rings. The predicted octanol–water partition coefficient (Wildman–Crippen LogP) is -1.41. The summed E-state index contributed by atoms with van der Waals surface area (Å²) in [5.41, 5.74) is 0. The molecule has 0 unspecified atom stereocenters. The van der Waals surface area contributed by atoms with Crippen LogP contribution in [0.5, 0.6) is 0 Å². The van der Waals surface area contributed by atoms with Gasteiger partial charge in [-0.15, -0.1) is 0 Å². The Morgan fingerprint density at radius 2 is 1.78 bits per heavy atom. The van der Waals surface area contributed by atoms with Crippen molar-refractivity contribution in [3.05, 3.63) is 0 Å². The number of hydrogen-bond donors (Lipinski definition) is 1. The molecule has 0 aliphatic heterocycles. The zero-order chi connectivity index (χ0) is 5.98. The predicted molar refractivity (Wildman–Crippen MR) is 19.0 cm³/mol. The van der Waals surface area contributed by atoms with Gasteiger partial charge in [-0.3, -0.25) is 0 Å². The van der Waals surface area contributed by atoms with Gasteiger partial charge in [-0.2, -0.15) is 0 Å². The van der Waals surface area contributed by atoms with Crippen LogP contribution in [0.4, 0.5) is 4.79 Å². The Balaban J connectivity index is 0.000000640. The Bertz CT molecular complexity index is 183. The van der Waals surface area contributed by atoms with E-state index in [1.54, 1.807) is 0 Å². The van der Waals surface area contributed by atoms with Crippen molar-refractivity contribution in [1.29, 1.82) is 0 Å². The van der Waals surface area contributed by atoms with Gasteiger partial charge in [0.2, 0.25) is 0 Å². The van der Waals surface area contributed by atoms with E-state index in [1.165, 1.54) is 0 Å². The molecule has 1 rings (SSSR count). The Morgan fingerprint density at radius 3 is 2.00 bits per heavy atom. The largest absolute Gasteiger partial charge is 0.462 e. The van der Waals surface area contributed by atoms with Crippen molar-refractivity contribution in [2.24, 2.45) is 0 Å². The van der Waals surface area contributed by atoms with Crippen LogP contribution in [0.2, 0.25) is 0 Å². The Kier molecular flexibility index (Phi) is 2.99. The first-order valence-electron chi connectivity index (χ1n) is 1.65. The average Bonchev–Trinajstić information content (AvgIpc) is 2.12. The Hall–Kier alpha value is -0.790. The van der Waals surface area contributed by atoms with E-state index in [4.69, 9.17) is 5.11 Å². The van der Waals surface area contributed by atoms with Gasteiger partial charge in [0.25, 0.3) is 0 Å². The second-order valence-corrected chi connectivity index (χ2v) is 0.930. The summed E-state index contributed by atoms with van der Waals surface area (Å²) in [6.45, 7) is 0. The maximum Gasteiger partial charge on any atom is 0.452 e. The fourth-order valence-electron chi connectivity index (χ4n) is 0.206. The summed E-state index contributed by atoms with van der Waals surface area (Å²) in [5.74, 6) is 0. The quantitative estimate of drug-likeness (QED) is 0.543. The van der Waals surface area contributed by atoms with E-state index in [2.05, 4.69) is 20.9 Å². The van der Waals surface area contributed by atoms with Gasteiger partial charge in [0.1, 0.15) is 0 Å². The molecule has 0 aliphatic rings. The van der Waals surface area contributed by atoms with Crippen LogP contribution < -0.4 is 0 Å². The van der Waals surface area contributed by atoms with Crippen molar-refractivity contribution >= 4 is 6.09 Å². The van der Waals surface area contributed by atoms with Gasteiger partial charge in [0, 0.05) is 22.4 Å². The van der Waals surface area contributed by atoms with Gasteiger partial charge in [0.15, 0.2) is 0 Å². The summed E-state index contributed by atoms with van der Waals surface area (Å²) in [6.07, 6.45) is -1.30. The summed E-state index contributed by atoms with van der Waals surface area (Å²) in [6, 6.07) is 0. The molecule has 0 saturated heterocycles. The summed E-state index contributed by atoms with van der Waals surface area (Å²) in [5, 5.41) is 19.8. The van der Waals surface area contributed by atoms with Gasteiger partial charge in [-0.25, -0.2) is 4.79 Å². The molecule has 53 valence electrons. The zero-order valence-corrected chi connectivity index (χ0v) is 5.38. The third-order valence-corrected chi connectivity index (χ3v) is 0.461. The molecule has 7 nitrogen and oxygen atoms in total. The summed E-state index contributed by atoms with van der Waals surface area (Å²) >= 11 is 0. The van der Waals surface area contributed by atoms with Crippen molar-refractivity contribution in [2.45, 2.75) is 0 Å². The maximum atomic E-state index is 9.82. The van der Waals surface area contributed by atoms with Crippen LogP contribution in [0.3, 0.4) is 0 Å². The molecule has 0 saturated carbocycles. The molecule has 0 bridgehead atoms. The van der Waals surface area contributed by atoms with Crippen molar-refractivity contribution in [3.8, 4) is 0 Å². The number of carbonyl (C=O) groups is 1. The molecule has 0 aromatic carbocycles. The number of rotatable bonds is 0. The molecule has 8 heteroatoms. The molecule has 0 aliphatic carbocycles. The molecule has 1 heterocycles. The SMILES string of the molecule is O=C(O)n1nnnn1.[Ag]. The molecule has 0 amide bonds. The monoisotopic (exact) mass is 222 g/mol. The fraction of sp³-hybridized carbons (Fsp3) is 0. The molecule has 0 atom stereocenters. The second kappa shape index (κ2) is 3.28. The first kappa shape index (κ1) is 8.21. The van der Waals surface area contributed by atoms with Crippen LogP contribution in [0.1, 0.15) is 0 Å². The van der Waals surface area contributed by atoms with Crippen LogP contribution in [-0.4, -0.2) is 36.8 Å². The second-order valence-electron chi connectivity index (χ2n) is 0.930. The van der Waals surface area contributed by atoms with Gasteiger partial charge in [0.05, 0.1) is 0 Å². The molecule has 0 fully saturated rings. The molecular weight excluding hydrogens is 222 g/mol. The Morgan fingerprint density at radius 1 is 1.33 bits per heavy atom. The number of nitrogens with zero attached hydrogens (tertiary/aromatic N) is 5. The fourth-order valence-corrected chi connectivity index (χ4v) is 0.206. The topological polar surface area (TPSA) is 93.8 Å². The van der Waals surface area contributed by atoms with Crippen LogP contribution in [0, 0.1) is 0 Å². The first-order chi connectivity index (χ1) is 3.80. The van der Waals surface area contributed by atoms with Crippen molar-refractivity contribution in [1.82, 2.24) is 25.7 Å². The molecule has 1 N–H and O–H groups in total. The third-order valence-electron chi connectivity index (χ3n) is 0.461. The van der Waals surface area contributed by atoms with E-state index in [1.807, 2.05) is 0 Å². The van der Waals surface area contributed by atoms with Crippen LogP contribution in [0.25, 0.3) is 0 Å².